The number of hydrogen-bond donors (Lipinski definition) is 1. The van der Waals surface area contributed by atoms with Gasteiger partial charge in [-0.1, -0.05) is 42.5 Å². The molecule has 0 fully saturated rings. The van der Waals surface area contributed by atoms with E-state index in [9.17, 15) is 18.3 Å². The van der Waals surface area contributed by atoms with Crippen LogP contribution in [-0.2, 0) is 5.60 Å². The summed E-state index contributed by atoms with van der Waals surface area (Å²) in [5.41, 5.74) is -1.20. The van der Waals surface area contributed by atoms with Crippen molar-refractivity contribution in [2.24, 2.45) is 0 Å². The summed E-state index contributed by atoms with van der Waals surface area (Å²) in [5.74, 6) is 0. The smallest absolute Gasteiger partial charge is 0.376 e. The summed E-state index contributed by atoms with van der Waals surface area (Å²) in [6, 6.07) is 8.13. The molecule has 2 aromatic carbocycles. The predicted octanol–water partition coefficient (Wildman–Crippen LogP) is 4.09. The van der Waals surface area contributed by atoms with Gasteiger partial charge in [0.15, 0.2) is 5.60 Å². The molecule has 2 aromatic rings. The zero-order valence-corrected chi connectivity index (χ0v) is 10.1. The highest BCUT2D eigenvalue weighted by Gasteiger charge is 2.51. The standard InChI is InChI=1S/C15H11F3O/c1-14(19,15(16,17)18)12-8-7-10-6-5-9-3-2-4-11(12)13(9)10/h2-8,19H,1H3. The van der Waals surface area contributed by atoms with Crippen LogP contribution in [-0.4, -0.2) is 11.3 Å². The molecule has 0 saturated heterocycles. The third-order valence-corrected chi connectivity index (χ3v) is 3.62. The summed E-state index contributed by atoms with van der Waals surface area (Å²) < 4.78 is 39.0. The molecule has 0 amide bonds. The Kier molecular flexibility index (Phi) is 2.32. The van der Waals surface area contributed by atoms with Crippen molar-refractivity contribution in [1.29, 1.82) is 0 Å². The Bertz CT molecular complexity index is 684. The Balaban J connectivity index is 2.35. The summed E-state index contributed by atoms with van der Waals surface area (Å²) in [6.07, 6.45) is -0.980. The molecule has 1 unspecified atom stereocenters. The van der Waals surface area contributed by atoms with Gasteiger partial charge in [-0.25, -0.2) is 0 Å². The second kappa shape index (κ2) is 3.61. The summed E-state index contributed by atoms with van der Waals surface area (Å²) in [6.45, 7) is 0.791. The molecule has 1 nitrogen and oxygen atoms in total. The van der Waals surface area contributed by atoms with Gasteiger partial charge in [0.2, 0.25) is 0 Å². The third-order valence-electron chi connectivity index (χ3n) is 3.62. The fraction of sp³-hybridized carbons (Fsp3) is 0.200. The van der Waals surface area contributed by atoms with E-state index in [4.69, 9.17) is 0 Å². The topological polar surface area (TPSA) is 20.2 Å². The van der Waals surface area contributed by atoms with Crippen molar-refractivity contribution in [3.63, 3.8) is 0 Å². The molecule has 3 rings (SSSR count). The van der Waals surface area contributed by atoms with E-state index in [0.29, 0.717) is 5.39 Å². The SMILES string of the molecule is CC(O)(c1ccc2c3c(cccc13)C=C2)C(F)(F)F. The molecule has 1 N–H and O–H groups in total. The molecular formula is C15H11F3O. The van der Waals surface area contributed by atoms with Crippen molar-refractivity contribution in [1.82, 2.24) is 0 Å². The first kappa shape index (κ1) is 12.2. The lowest BCUT2D eigenvalue weighted by molar-refractivity contribution is -0.258. The van der Waals surface area contributed by atoms with E-state index < -0.39 is 11.8 Å². The maximum Gasteiger partial charge on any atom is 0.421 e. The lowest BCUT2D eigenvalue weighted by Crippen LogP contribution is -2.39. The summed E-state index contributed by atoms with van der Waals surface area (Å²) in [7, 11) is 0. The highest BCUT2D eigenvalue weighted by molar-refractivity contribution is 6.06. The second-order valence-corrected chi connectivity index (χ2v) is 4.88. The number of rotatable bonds is 1. The van der Waals surface area contributed by atoms with Crippen LogP contribution in [0.1, 0.15) is 23.6 Å². The lowest BCUT2D eigenvalue weighted by atomic mass is 9.88. The van der Waals surface area contributed by atoms with Crippen LogP contribution in [0, 0.1) is 0 Å². The molecule has 4 heteroatoms. The molecule has 0 spiro atoms. The van der Waals surface area contributed by atoms with Gasteiger partial charge in [-0.3, -0.25) is 0 Å². The highest BCUT2D eigenvalue weighted by atomic mass is 19.4. The van der Waals surface area contributed by atoms with Gasteiger partial charge >= 0.3 is 6.18 Å². The van der Waals surface area contributed by atoms with Crippen LogP contribution in [0.3, 0.4) is 0 Å². The molecule has 98 valence electrons. The maximum absolute atomic E-state index is 13.0. The van der Waals surface area contributed by atoms with Crippen molar-refractivity contribution in [3.05, 3.63) is 47.0 Å². The summed E-state index contributed by atoms with van der Waals surface area (Å²) in [5, 5.41) is 11.1. The van der Waals surface area contributed by atoms with Gasteiger partial charge in [0, 0.05) is 5.56 Å². The fourth-order valence-electron chi connectivity index (χ4n) is 2.50. The highest BCUT2D eigenvalue weighted by Crippen LogP contribution is 2.43. The minimum Gasteiger partial charge on any atom is -0.376 e. The van der Waals surface area contributed by atoms with Crippen molar-refractivity contribution in [2.45, 2.75) is 18.7 Å². The molecule has 1 aliphatic carbocycles. The molecular weight excluding hydrogens is 253 g/mol. The van der Waals surface area contributed by atoms with Crippen LogP contribution in [0.25, 0.3) is 22.9 Å². The van der Waals surface area contributed by atoms with Crippen molar-refractivity contribution in [3.8, 4) is 0 Å². The predicted molar refractivity (Wildman–Crippen MR) is 68.5 cm³/mol. The summed E-state index contributed by atoms with van der Waals surface area (Å²) >= 11 is 0. The molecule has 1 aliphatic rings. The van der Waals surface area contributed by atoms with Crippen LogP contribution < -0.4 is 0 Å². The van der Waals surface area contributed by atoms with Gasteiger partial charge in [0.05, 0.1) is 0 Å². The minimum absolute atomic E-state index is 0.107. The maximum atomic E-state index is 13.0. The molecule has 0 aliphatic heterocycles. The molecule has 0 radical (unpaired) electrons. The van der Waals surface area contributed by atoms with Gasteiger partial charge in [0.1, 0.15) is 0 Å². The van der Waals surface area contributed by atoms with Crippen molar-refractivity contribution < 1.29 is 18.3 Å². The lowest BCUT2D eigenvalue weighted by Gasteiger charge is -2.28. The third kappa shape index (κ3) is 1.60. The number of halogens is 3. The van der Waals surface area contributed by atoms with E-state index in [0.717, 1.165) is 23.4 Å². The van der Waals surface area contributed by atoms with E-state index in [1.807, 2.05) is 18.2 Å². The van der Waals surface area contributed by atoms with Crippen LogP contribution in [0.4, 0.5) is 13.2 Å². The quantitative estimate of drug-likeness (QED) is 0.701. The zero-order valence-electron chi connectivity index (χ0n) is 10.1. The number of aliphatic hydroxyl groups is 1. The Morgan fingerprint density at radius 1 is 0.947 bits per heavy atom. The number of hydrogen-bond acceptors (Lipinski definition) is 1. The number of benzene rings is 2. The van der Waals surface area contributed by atoms with Gasteiger partial charge in [-0.15, -0.1) is 0 Å². The van der Waals surface area contributed by atoms with Crippen LogP contribution >= 0.6 is 0 Å². The number of alkyl halides is 3. The Labute approximate surface area is 108 Å². The van der Waals surface area contributed by atoms with Gasteiger partial charge in [-0.05, 0) is 28.8 Å². The van der Waals surface area contributed by atoms with Gasteiger partial charge in [0.25, 0.3) is 0 Å². The molecule has 19 heavy (non-hydrogen) atoms. The first-order valence-corrected chi connectivity index (χ1v) is 5.86. The van der Waals surface area contributed by atoms with E-state index in [1.165, 1.54) is 6.07 Å². The van der Waals surface area contributed by atoms with Crippen molar-refractivity contribution >= 4 is 22.9 Å². The van der Waals surface area contributed by atoms with Crippen molar-refractivity contribution in [2.75, 3.05) is 0 Å². The molecule has 0 aromatic heterocycles. The Morgan fingerprint density at radius 3 is 2.21 bits per heavy atom. The fourth-order valence-corrected chi connectivity index (χ4v) is 2.50. The molecule has 0 bridgehead atoms. The molecule has 1 atom stereocenters. The van der Waals surface area contributed by atoms with E-state index >= 15 is 0 Å². The van der Waals surface area contributed by atoms with Crippen LogP contribution in [0.2, 0.25) is 0 Å². The minimum atomic E-state index is -4.71. The first-order chi connectivity index (χ1) is 8.82. The molecule has 0 saturated carbocycles. The first-order valence-electron chi connectivity index (χ1n) is 5.86. The van der Waals surface area contributed by atoms with E-state index in [2.05, 4.69) is 0 Å². The van der Waals surface area contributed by atoms with E-state index in [-0.39, 0.29) is 5.56 Å². The summed E-state index contributed by atoms with van der Waals surface area (Å²) in [4.78, 5) is 0. The Morgan fingerprint density at radius 2 is 1.58 bits per heavy atom. The zero-order chi connectivity index (χ0) is 13.8. The monoisotopic (exact) mass is 264 g/mol. The second-order valence-electron chi connectivity index (χ2n) is 4.88. The van der Waals surface area contributed by atoms with E-state index in [1.54, 1.807) is 18.2 Å². The van der Waals surface area contributed by atoms with Crippen LogP contribution in [0.15, 0.2) is 30.3 Å². The van der Waals surface area contributed by atoms with Crippen LogP contribution in [0.5, 0.6) is 0 Å². The average molecular weight is 264 g/mol. The van der Waals surface area contributed by atoms with Gasteiger partial charge in [-0.2, -0.15) is 13.2 Å². The Hall–Kier alpha value is -1.81. The average Bonchev–Trinajstić information content (AvgIpc) is 2.73. The van der Waals surface area contributed by atoms with Gasteiger partial charge < -0.3 is 5.11 Å². The molecule has 0 heterocycles. The normalized spacial score (nSPS) is 16.9. The largest absolute Gasteiger partial charge is 0.421 e.